The summed E-state index contributed by atoms with van der Waals surface area (Å²) in [5.41, 5.74) is -0.586. The van der Waals surface area contributed by atoms with E-state index in [2.05, 4.69) is 12.2 Å². The molecular formula is C21H38N2O5. The third-order valence-corrected chi connectivity index (χ3v) is 4.97. The first-order valence-corrected chi connectivity index (χ1v) is 10.4. The van der Waals surface area contributed by atoms with Crippen molar-refractivity contribution < 1.29 is 23.9 Å². The summed E-state index contributed by atoms with van der Waals surface area (Å²) in [6, 6.07) is -0.490. The molecule has 162 valence electrons. The molecule has 1 amide bonds. The van der Waals surface area contributed by atoms with Crippen LogP contribution in [0.4, 0.5) is 0 Å². The number of nitrogens with zero attached hydrogens (tertiary/aromatic N) is 1. The number of hydrogen-bond acceptors (Lipinski definition) is 6. The molecule has 1 aliphatic rings. The Balaban J connectivity index is 2.97. The molecule has 7 nitrogen and oxygen atoms in total. The van der Waals surface area contributed by atoms with Gasteiger partial charge in [0, 0.05) is 26.1 Å². The summed E-state index contributed by atoms with van der Waals surface area (Å²) in [5, 5.41) is 2.96. The van der Waals surface area contributed by atoms with Gasteiger partial charge in [-0.1, -0.05) is 13.3 Å². The maximum atomic E-state index is 12.8. The summed E-state index contributed by atoms with van der Waals surface area (Å²) in [7, 11) is 0. The van der Waals surface area contributed by atoms with Gasteiger partial charge in [0.2, 0.25) is 5.91 Å². The van der Waals surface area contributed by atoms with E-state index in [1.165, 1.54) is 6.92 Å². The van der Waals surface area contributed by atoms with Crippen molar-refractivity contribution in [2.75, 3.05) is 19.7 Å². The number of esters is 2. The monoisotopic (exact) mass is 398 g/mol. The van der Waals surface area contributed by atoms with E-state index in [0.29, 0.717) is 26.1 Å². The number of carbonyl (C=O) groups excluding carboxylic acids is 3. The third-order valence-electron chi connectivity index (χ3n) is 4.97. The molecule has 28 heavy (non-hydrogen) atoms. The van der Waals surface area contributed by atoms with Crippen molar-refractivity contribution in [3.8, 4) is 0 Å². The highest BCUT2D eigenvalue weighted by molar-refractivity contribution is 5.80. The predicted molar refractivity (Wildman–Crippen MR) is 108 cm³/mol. The Morgan fingerprint density at radius 3 is 2.32 bits per heavy atom. The lowest BCUT2D eigenvalue weighted by atomic mass is 9.95. The Morgan fingerprint density at radius 2 is 1.82 bits per heavy atom. The molecule has 4 atom stereocenters. The molecule has 0 radical (unpaired) electrons. The van der Waals surface area contributed by atoms with Gasteiger partial charge >= 0.3 is 11.9 Å². The zero-order chi connectivity index (χ0) is 21.5. The number of nitrogens with one attached hydrogen (secondary N) is 1. The molecule has 1 aliphatic heterocycles. The number of carbonyl (C=O) groups is 3. The molecule has 2 unspecified atom stereocenters. The normalized spacial score (nSPS) is 22.4. The second-order valence-electron chi connectivity index (χ2n) is 8.73. The topological polar surface area (TPSA) is 84.9 Å². The summed E-state index contributed by atoms with van der Waals surface area (Å²) in [6.45, 7) is 14.3. The lowest BCUT2D eigenvalue weighted by Gasteiger charge is -2.32. The molecular weight excluding hydrogens is 360 g/mol. The van der Waals surface area contributed by atoms with Crippen molar-refractivity contribution in [2.24, 2.45) is 11.8 Å². The average molecular weight is 399 g/mol. The van der Waals surface area contributed by atoms with Crippen molar-refractivity contribution >= 4 is 17.8 Å². The fraction of sp³-hybridized carbons (Fsp3) is 0.857. The van der Waals surface area contributed by atoms with Gasteiger partial charge in [-0.25, -0.2) is 0 Å². The van der Waals surface area contributed by atoms with Crippen LogP contribution in [0.25, 0.3) is 0 Å². The fourth-order valence-corrected chi connectivity index (χ4v) is 3.76. The molecule has 0 saturated carbocycles. The SMILES string of the molecule is CCCC(CN1C[C@H](C(=O)OCC)C[C@@H]1C(=O)OC(C)(C)C)C(C)NC(C)=O. The van der Waals surface area contributed by atoms with Gasteiger partial charge in [0.05, 0.1) is 12.5 Å². The molecule has 0 aromatic carbocycles. The van der Waals surface area contributed by atoms with Gasteiger partial charge in [0.15, 0.2) is 0 Å². The number of amides is 1. The molecule has 1 saturated heterocycles. The third kappa shape index (κ3) is 7.78. The first-order chi connectivity index (χ1) is 13.0. The first-order valence-electron chi connectivity index (χ1n) is 10.4. The van der Waals surface area contributed by atoms with Crippen molar-refractivity contribution in [1.29, 1.82) is 0 Å². The van der Waals surface area contributed by atoms with Crippen molar-refractivity contribution in [2.45, 2.75) is 85.4 Å². The number of ether oxygens (including phenoxy) is 2. The lowest BCUT2D eigenvalue weighted by Crippen LogP contribution is -2.47. The summed E-state index contributed by atoms with van der Waals surface area (Å²) in [4.78, 5) is 38.6. The predicted octanol–water partition coefficient (Wildman–Crippen LogP) is 2.52. The van der Waals surface area contributed by atoms with Crippen LogP contribution in [0.2, 0.25) is 0 Å². The summed E-state index contributed by atoms with van der Waals surface area (Å²) >= 11 is 0. The minimum absolute atomic E-state index is 0.0154. The zero-order valence-electron chi connectivity index (χ0n) is 18.5. The molecule has 1 fully saturated rings. The molecule has 0 aromatic heterocycles. The molecule has 0 spiro atoms. The maximum absolute atomic E-state index is 12.8. The van der Waals surface area contributed by atoms with E-state index in [9.17, 15) is 14.4 Å². The van der Waals surface area contributed by atoms with Crippen LogP contribution < -0.4 is 5.32 Å². The van der Waals surface area contributed by atoms with Gasteiger partial charge < -0.3 is 14.8 Å². The zero-order valence-corrected chi connectivity index (χ0v) is 18.5. The van der Waals surface area contributed by atoms with E-state index in [1.54, 1.807) is 6.92 Å². The van der Waals surface area contributed by atoms with Gasteiger partial charge in [-0.15, -0.1) is 0 Å². The van der Waals surface area contributed by atoms with E-state index in [0.717, 1.165) is 12.8 Å². The van der Waals surface area contributed by atoms with Crippen LogP contribution in [0.3, 0.4) is 0 Å². The Hall–Kier alpha value is -1.63. The molecule has 0 aliphatic carbocycles. The quantitative estimate of drug-likeness (QED) is 0.601. The summed E-state index contributed by atoms with van der Waals surface area (Å²) < 4.78 is 10.8. The van der Waals surface area contributed by atoms with Gasteiger partial charge in [0.25, 0.3) is 0 Å². The standard InChI is InChI=1S/C21H38N2O5/c1-8-10-16(14(3)22-15(4)24)12-23-13-17(19(25)27-9-2)11-18(23)20(26)28-21(5,6)7/h14,16-18H,8-13H2,1-7H3,(H,22,24)/t14?,16?,17-,18-/m1/s1. The van der Waals surface area contributed by atoms with Crippen LogP contribution in [-0.4, -0.2) is 60.1 Å². The van der Waals surface area contributed by atoms with E-state index in [-0.39, 0.29) is 35.7 Å². The molecule has 0 aromatic rings. The second-order valence-corrected chi connectivity index (χ2v) is 8.73. The number of likely N-dealkylation sites (tertiary alicyclic amines) is 1. The van der Waals surface area contributed by atoms with Crippen LogP contribution in [-0.2, 0) is 23.9 Å². The van der Waals surface area contributed by atoms with Crippen molar-refractivity contribution in [3.63, 3.8) is 0 Å². The molecule has 1 heterocycles. The minimum atomic E-state index is -0.586. The van der Waals surface area contributed by atoms with Crippen LogP contribution >= 0.6 is 0 Å². The largest absolute Gasteiger partial charge is 0.466 e. The van der Waals surface area contributed by atoms with E-state index in [1.807, 2.05) is 32.6 Å². The maximum Gasteiger partial charge on any atom is 0.323 e. The Kier molecular flexibility index (Phi) is 9.40. The van der Waals surface area contributed by atoms with Gasteiger partial charge in [0.1, 0.15) is 11.6 Å². The molecule has 1 N–H and O–H groups in total. The van der Waals surface area contributed by atoms with Crippen molar-refractivity contribution in [3.05, 3.63) is 0 Å². The lowest BCUT2D eigenvalue weighted by molar-refractivity contribution is -0.160. The molecule has 0 bridgehead atoms. The fourth-order valence-electron chi connectivity index (χ4n) is 3.76. The van der Waals surface area contributed by atoms with Gasteiger partial charge in [-0.05, 0) is 53.4 Å². The van der Waals surface area contributed by atoms with Crippen LogP contribution in [0.5, 0.6) is 0 Å². The highest BCUT2D eigenvalue weighted by atomic mass is 16.6. The Labute approximate surface area is 169 Å². The minimum Gasteiger partial charge on any atom is -0.466 e. The highest BCUT2D eigenvalue weighted by Gasteiger charge is 2.43. The second kappa shape index (κ2) is 10.8. The van der Waals surface area contributed by atoms with Crippen molar-refractivity contribution in [1.82, 2.24) is 10.2 Å². The van der Waals surface area contributed by atoms with E-state index < -0.39 is 11.6 Å². The smallest absolute Gasteiger partial charge is 0.323 e. The van der Waals surface area contributed by atoms with Crippen LogP contribution in [0.15, 0.2) is 0 Å². The molecule has 1 rings (SSSR count). The average Bonchev–Trinajstić information content (AvgIpc) is 2.96. The summed E-state index contributed by atoms with van der Waals surface area (Å²) in [6.07, 6.45) is 2.30. The molecule has 7 heteroatoms. The van der Waals surface area contributed by atoms with E-state index in [4.69, 9.17) is 9.47 Å². The van der Waals surface area contributed by atoms with Crippen LogP contribution in [0.1, 0.15) is 67.7 Å². The first kappa shape index (κ1) is 24.4. The number of rotatable bonds is 9. The summed E-state index contributed by atoms with van der Waals surface area (Å²) in [5.74, 6) is -0.791. The van der Waals surface area contributed by atoms with Gasteiger partial charge in [-0.3, -0.25) is 19.3 Å². The van der Waals surface area contributed by atoms with Crippen LogP contribution in [0, 0.1) is 11.8 Å². The Morgan fingerprint density at radius 1 is 1.18 bits per heavy atom. The van der Waals surface area contributed by atoms with Gasteiger partial charge in [-0.2, -0.15) is 0 Å². The number of hydrogen-bond donors (Lipinski definition) is 1. The Bertz CT molecular complexity index is 543. The highest BCUT2D eigenvalue weighted by Crippen LogP contribution is 2.29. The van der Waals surface area contributed by atoms with E-state index >= 15 is 0 Å².